The van der Waals surface area contributed by atoms with Gasteiger partial charge in [-0.05, 0) is 12.8 Å². The van der Waals surface area contributed by atoms with Gasteiger partial charge in [-0.15, -0.1) is 0 Å². The van der Waals surface area contributed by atoms with E-state index in [2.05, 4.69) is 9.98 Å². The van der Waals surface area contributed by atoms with Crippen LogP contribution < -0.4 is 0 Å². The molecule has 0 atom stereocenters. The molecular formula is C9H14N2O2. The number of hydrogen-bond acceptors (Lipinski definition) is 4. The Morgan fingerprint density at radius 3 is 2.38 bits per heavy atom. The molecule has 0 radical (unpaired) electrons. The van der Waals surface area contributed by atoms with Crippen LogP contribution in [0.15, 0.2) is 9.98 Å². The van der Waals surface area contributed by atoms with Crippen molar-refractivity contribution in [3.63, 3.8) is 0 Å². The van der Waals surface area contributed by atoms with Crippen LogP contribution in [0, 0.1) is 0 Å². The van der Waals surface area contributed by atoms with Crippen LogP contribution in [0.5, 0.6) is 0 Å². The van der Waals surface area contributed by atoms with Crippen LogP contribution in [0.4, 0.5) is 0 Å². The minimum atomic E-state index is 0.571. The summed E-state index contributed by atoms with van der Waals surface area (Å²) in [5, 5.41) is 0. The summed E-state index contributed by atoms with van der Waals surface area (Å²) >= 11 is 0. The highest BCUT2D eigenvalue weighted by atomic mass is 16.1. The SMILES string of the molecule is O=C=NCCCCCCN=CC=O. The molecule has 0 amide bonds. The van der Waals surface area contributed by atoms with E-state index in [4.69, 9.17) is 0 Å². The predicted octanol–water partition coefficient (Wildman–Crippen LogP) is 1.15. The predicted molar refractivity (Wildman–Crippen MR) is 50.9 cm³/mol. The van der Waals surface area contributed by atoms with Gasteiger partial charge in [0.05, 0.1) is 12.8 Å². The third-order valence-electron chi connectivity index (χ3n) is 1.54. The first-order chi connectivity index (χ1) is 6.41. The van der Waals surface area contributed by atoms with Gasteiger partial charge in [0, 0.05) is 6.54 Å². The van der Waals surface area contributed by atoms with Crippen molar-refractivity contribution >= 4 is 18.6 Å². The summed E-state index contributed by atoms with van der Waals surface area (Å²) in [6.07, 6.45) is 7.46. The van der Waals surface area contributed by atoms with Crippen molar-refractivity contribution in [3.05, 3.63) is 0 Å². The largest absolute Gasteiger partial charge is 0.297 e. The van der Waals surface area contributed by atoms with Crippen molar-refractivity contribution < 1.29 is 9.59 Å². The molecule has 0 aliphatic carbocycles. The minimum Gasteiger partial charge on any atom is -0.297 e. The van der Waals surface area contributed by atoms with Gasteiger partial charge in [0.15, 0.2) is 6.29 Å². The fourth-order valence-corrected chi connectivity index (χ4v) is 0.911. The lowest BCUT2D eigenvalue weighted by Crippen LogP contribution is -1.86. The van der Waals surface area contributed by atoms with Gasteiger partial charge in [0.2, 0.25) is 6.08 Å². The first-order valence-corrected chi connectivity index (χ1v) is 4.39. The number of aldehydes is 1. The van der Waals surface area contributed by atoms with Gasteiger partial charge in [-0.3, -0.25) is 9.79 Å². The van der Waals surface area contributed by atoms with E-state index in [-0.39, 0.29) is 0 Å². The molecular weight excluding hydrogens is 168 g/mol. The van der Waals surface area contributed by atoms with Crippen molar-refractivity contribution in [1.82, 2.24) is 0 Å². The maximum Gasteiger partial charge on any atom is 0.234 e. The molecule has 0 N–H and O–H groups in total. The Kier molecular flexibility index (Phi) is 9.66. The summed E-state index contributed by atoms with van der Waals surface area (Å²) in [6.45, 7) is 1.27. The van der Waals surface area contributed by atoms with Crippen molar-refractivity contribution in [1.29, 1.82) is 0 Å². The van der Waals surface area contributed by atoms with Crippen molar-refractivity contribution in [2.24, 2.45) is 9.98 Å². The zero-order chi connectivity index (χ0) is 9.78. The first-order valence-electron chi connectivity index (χ1n) is 4.39. The number of rotatable bonds is 8. The topological polar surface area (TPSA) is 58.9 Å². The Morgan fingerprint density at radius 2 is 1.77 bits per heavy atom. The normalized spacial score (nSPS) is 9.85. The second-order valence-electron chi connectivity index (χ2n) is 2.58. The smallest absolute Gasteiger partial charge is 0.234 e. The van der Waals surface area contributed by atoms with E-state index in [0.29, 0.717) is 19.4 Å². The Labute approximate surface area is 77.8 Å². The first kappa shape index (κ1) is 11.7. The van der Waals surface area contributed by atoms with Crippen molar-refractivity contribution in [3.8, 4) is 0 Å². The van der Waals surface area contributed by atoms with Gasteiger partial charge in [-0.1, -0.05) is 12.8 Å². The van der Waals surface area contributed by atoms with E-state index in [0.717, 1.165) is 25.7 Å². The standard InChI is InChI=1S/C9H14N2O2/c12-8-7-10-5-3-1-2-4-6-11-9-13/h7-8H,1-6H2. The van der Waals surface area contributed by atoms with Gasteiger partial charge in [0.25, 0.3) is 0 Å². The summed E-state index contributed by atoms with van der Waals surface area (Å²) in [6, 6.07) is 0. The Bertz CT molecular complexity index is 196. The molecule has 0 heterocycles. The highest BCUT2D eigenvalue weighted by Gasteiger charge is 1.87. The number of carbonyl (C=O) groups is 1. The summed E-state index contributed by atoms with van der Waals surface area (Å²) in [7, 11) is 0. The molecule has 72 valence electrons. The Morgan fingerprint density at radius 1 is 1.08 bits per heavy atom. The zero-order valence-electron chi connectivity index (χ0n) is 7.61. The summed E-state index contributed by atoms with van der Waals surface area (Å²) in [4.78, 5) is 26.8. The van der Waals surface area contributed by atoms with E-state index in [1.54, 1.807) is 0 Å². The third-order valence-corrected chi connectivity index (χ3v) is 1.54. The average molecular weight is 182 g/mol. The molecule has 0 saturated carbocycles. The lowest BCUT2D eigenvalue weighted by atomic mass is 10.2. The zero-order valence-corrected chi connectivity index (χ0v) is 7.61. The van der Waals surface area contributed by atoms with Crippen LogP contribution in [-0.4, -0.2) is 31.7 Å². The lowest BCUT2D eigenvalue weighted by molar-refractivity contribution is -0.102. The molecule has 0 aromatic heterocycles. The number of nitrogens with zero attached hydrogens (tertiary/aromatic N) is 2. The van der Waals surface area contributed by atoms with Crippen LogP contribution in [0.1, 0.15) is 25.7 Å². The molecule has 0 spiro atoms. The van der Waals surface area contributed by atoms with Gasteiger partial charge >= 0.3 is 0 Å². The molecule has 0 aromatic carbocycles. The number of isocyanates is 1. The van der Waals surface area contributed by atoms with E-state index < -0.39 is 0 Å². The highest BCUT2D eigenvalue weighted by Crippen LogP contribution is 1.99. The van der Waals surface area contributed by atoms with E-state index in [1.165, 1.54) is 12.3 Å². The third kappa shape index (κ3) is 10.7. The van der Waals surface area contributed by atoms with Gasteiger partial charge in [-0.25, -0.2) is 9.79 Å². The molecule has 0 fully saturated rings. The van der Waals surface area contributed by atoms with Gasteiger partial charge in [0.1, 0.15) is 0 Å². The summed E-state index contributed by atoms with van der Waals surface area (Å²) in [5.41, 5.74) is 0. The number of aliphatic imine (C=N–C) groups is 2. The second-order valence-corrected chi connectivity index (χ2v) is 2.58. The number of carbonyl (C=O) groups excluding carboxylic acids is 2. The second kappa shape index (κ2) is 10.7. The fraction of sp³-hybridized carbons (Fsp3) is 0.667. The fourth-order valence-electron chi connectivity index (χ4n) is 0.911. The van der Waals surface area contributed by atoms with E-state index >= 15 is 0 Å². The van der Waals surface area contributed by atoms with Crippen LogP contribution in [-0.2, 0) is 9.59 Å². The molecule has 4 heteroatoms. The molecule has 13 heavy (non-hydrogen) atoms. The van der Waals surface area contributed by atoms with Crippen LogP contribution >= 0.6 is 0 Å². The van der Waals surface area contributed by atoms with Crippen molar-refractivity contribution in [2.45, 2.75) is 25.7 Å². The Hall–Kier alpha value is -1.28. The number of hydrogen-bond donors (Lipinski definition) is 0. The molecule has 0 unspecified atom stereocenters. The Balaban J connectivity index is 3.03. The maximum atomic E-state index is 9.81. The lowest BCUT2D eigenvalue weighted by Gasteiger charge is -1.94. The van der Waals surface area contributed by atoms with Gasteiger partial charge in [-0.2, -0.15) is 0 Å². The number of unbranched alkanes of at least 4 members (excludes halogenated alkanes) is 3. The molecule has 0 rings (SSSR count). The summed E-state index contributed by atoms with van der Waals surface area (Å²) < 4.78 is 0. The highest BCUT2D eigenvalue weighted by molar-refractivity contribution is 6.12. The summed E-state index contributed by atoms with van der Waals surface area (Å²) in [5.74, 6) is 0. The molecule has 4 nitrogen and oxygen atoms in total. The quantitative estimate of drug-likeness (QED) is 0.245. The van der Waals surface area contributed by atoms with Crippen LogP contribution in [0.2, 0.25) is 0 Å². The van der Waals surface area contributed by atoms with E-state index in [1.807, 2.05) is 0 Å². The van der Waals surface area contributed by atoms with Gasteiger partial charge < -0.3 is 0 Å². The van der Waals surface area contributed by atoms with E-state index in [9.17, 15) is 9.59 Å². The molecule has 0 bridgehead atoms. The average Bonchev–Trinajstić information content (AvgIpc) is 2.16. The maximum absolute atomic E-state index is 9.81. The monoisotopic (exact) mass is 182 g/mol. The van der Waals surface area contributed by atoms with Crippen LogP contribution in [0.3, 0.4) is 0 Å². The molecule has 0 aliphatic rings. The van der Waals surface area contributed by atoms with Crippen molar-refractivity contribution in [2.75, 3.05) is 13.1 Å². The molecule has 0 aromatic rings. The van der Waals surface area contributed by atoms with Crippen LogP contribution in [0.25, 0.3) is 0 Å². The molecule has 0 aliphatic heterocycles. The minimum absolute atomic E-state index is 0.571. The molecule has 0 saturated heterocycles.